The van der Waals surface area contributed by atoms with E-state index >= 15 is 0 Å². The molecule has 3 aliphatic heterocycles. The molecule has 0 radical (unpaired) electrons. The zero-order valence-electron chi connectivity index (χ0n) is 24.4. The van der Waals surface area contributed by atoms with Gasteiger partial charge in [0, 0.05) is 43.7 Å². The molecule has 1 aromatic carbocycles. The highest BCUT2D eigenvalue weighted by molar-refractivity contribution is 5.76. The number of nitrogens with zero attached hydrogens (tertiary/aromatic N) is 4. The lowest BCUT2D eigenvalue weighted by Gasteiger charge is -2.54. The molecule has 6 heteroatoms. The van der Waals surface area contributed by atoms with Gasteiger partial charge >= 0.3 is 5.97 Å². The lowest BCUT2D eigenvalue weighted by atomic mass is 9.73. The van der Waals surface area contributed by atoms with Gasteiger partial charge < -0.3 is 14.6 Å². The number of hydrogen-bond acceptors (Lipinski definition) is 4. The Morgan fingerprint density at radius 3 is 2.33 bits per heavy atom. The first-order valence-corrected chi connectivity index (χ1v) is 16.8. The van der Waals surface area contributed by atoms with Crippen molar-refractivity contribution in [3.05, 3.63) is 30.1 Å². The van der Waals surface area contributed by atoms with Crippen LogP contribution in [0.3, 0.4) is 0 Å². The molecule has 3 saturated heterocycles. The number of carboxylic acids is 1. The van der Waals surface area contributed by atoms with Crippen LogP contribution in [0.5, 0.6) is 0 Å². The van der Waals surface area contributed by atoms with Crippen LogP contribution in [0.25, 0.3) is 11.0 Å². The Labute approximate surface area is 240 Å². The van der Waals surface area contributed by atoms with E-state index in [2.05, 4.69) is 38.6 Å². The standard InChI is InChI=1S/C34H50N4O2/c39-34(40)14-16-36-15-6-9-26(23-36)20-33-35-31-12-3-4-13-32(31)38(33)30-21-27-10-5-11-28(22-30)37(27)29-18-24-7-1-2-8-25(17-24)19-29/h3-4,12-13,24-30H,1-2,5-11,14-23H2,(H,39,40)/t24-,25+,26-,27-,28+,29?,30?/m0/s1. The first-order valence-electron chi connectivity index (χ1n) is 16.8. The molecule has 218 valence electrons. The van der Waals surface area contributed by atoms with Crippen LogP contribution in [-0.2, 0) is 11.2 Å². The Morgan fingerprint density at radius 2 is 1.57 bits per heavy atom. The van der Waals surface area contributed by atoms with Gasteiger partial charge in [0.15, 0.2) is 0 Å². The first kappa shape index (κ1) is 26.9. The fraction of sp³-hybridized carbons (Fsp3) is 0.765. The topological polar surface area (TPSA) is 61.6 Å². The summed E-state index contributed by atoms with van der Waals surface area (Å²) < 4.78 is 2.69. The zero-order valence-corrected chi connectivity index (χ0v) is 24.4. The number of hydrogen-bond donors (Lipinski definition) is 1. The van der Waals surface area contributed by atoms with E-state index in [0.29, 0.717) is 18.5 Å². The smallest absolute Gasteiger partial charge is 0.304 e. The molecule has 2 saturated carbocycles. The number of likely N-dealkylation sites (tertiary alicyclic amines) is 1. The second-order valence-corrected chi connectivity index (χ2v) is 14.2. The van der Waals surface area contributed by atoms with Gasteiger partial charge in [0.2, 0.25) is 0 Å². The highest BCUT2D eigenvalue weighted by atomic mass is 16.4. The van der Waals surface area contributed by atoms with Crippen LogP contribution in [0.1, 0.15) is 108 Å². The summed E-state index contributed by atoms with van der Waals surface area (Å²) in [5.74, 6) is 3.13. The largest absolute Gasteiger partial charge is 0.481 e. The first-order chi connectivity index (χ1) is 19.6. The Balaban J connectivity index is 1.11. The minimum Gasteiger partial charge on any atom is -0.481 e. The fourth-order valence-electron chi connectivity index (χ4n) is 9.99. The molecule has 2 unspecified atom stereocenters. The summed E-state index contributed by atoms with van der Waals surface area (Å²) in [5, 5.41) is 9.19. The van der Waals surface area contributed by atoms with Crippen molar-refractivity contribution in [3.8, 4) is 0 Å². The predicted molar refractivity (Wildman–Crippen MR) is 159 cm³/mol. The van der Waals surface area contributed by atoms with Crippen LogP contribution < -0.4 is 0 Å². The van der Waals surface area contributed by atoms with Crippen LogP contribution in [-0.4, -0.2) is 68.2 Å². The molecule has 2 aliphatic carbocycles. The van der Waals surface area contributed by atoms with Gasteiger partial charge in [-0.3, -0.25) is 9.69 Å². The summed E-state index contributed by atoms with van der Waals surface area (Å²) in [7, 11) is 0. The summed E-state index contributed by atoms with van der Waals surface area (Å²) in [6.07, 6.45) is 20.7. The van der Waals surface area contributed by atoms with E-state index in [1.165, 1.54) is 94.8 Å². The maximum Gasteiger partial charge on any atom is 0.304 e. The SMILES string of the molecule is O=C(O)CCN1CCC[C@@H](Cc2nc3ccccc3n2C2C[C@H]3CCC[C@@H](C2)N3C2C[C@H]3CCCC[C@@H](C2)C3)C1. The predicted octanol–water partition coefficient (Wildman–Crippen LogP) is 6.68. The molecular formula is C34H50N4O2. The summed E-state index contributed by atoms with van der Waals surface area (Å²) in [4.78, 5) is 21.9. The highest BCUT2D eigenvalue weighted by Gasteiger charge is 2.45. The van der Waals surface area contributed by atoms with Crippen molar-refractivity contribution in [2.24, 2.45) is 17.8 Å². The highest BCUT2D eigenvalue weighted by Crippen LogP contribution is 2.47. The number of carboxylic acid groups (broad SMARTS) is 1. The number of rotatable bonds is 7. The molecule has 5 aliphatic rings. The molecule has 0 spiro atoms. The maximum atomic E-state index is 11.2. The third-order valence-corrected chi connectivity index (χ3v) is 11.5. The average Bonchev–Trinajstić information content (AvgIpc) is 3.22. The van der Waals surface area contributed by atoms with Crippen LogP contribution in [0.4, 0.5) is 0 Å². The molecule has 0 amide bonds. The van der Waals surface area contributed by atoms with E-state index in [9.17, 15) is 9.90 Å². The molecule has 2 aromatic rings. The van der Waals surface area contributed by atoms with Crippen molar-refractivity contribution in [1.82, 2.24) is 19.4 Å². The Bertz CT molecular complexity index is 1150. The van der Waals surface area contributed by atoms with Crippen molar-refractivity contribution in [2.75, 3.05) is 19.6 Å². The van der Waals surface area contributed by atoms with Crippen molar-refractivity contribution in [2.45, 2.75) is 127 Å². The summed E-state index contributed by atoms with van der Waals surface area (Å²) in [5.41, 5.74) is 2.48. The molecule has 1 N–H and O–H groups in total. The minimum absolute atomic E-state index is 0.245. The van der Waals surface area contributed by atoms with Crippen LogP contribution in [0, 0.1) is 17.8 Å². The second kappa shape index (κ2) is 11.8. The average molecular weight is 547 g/mol. The lowest BCUT2D eigenvalue weighted by molar-refractivity contribution is -0.137. The quantitative estimate of drug-likeness (QED) is 0.420. The molecule has 7 atom stereocenters. The number of carbonyl (C=O) groups is 1. The summed E-state index contributed by atoms with van der Waals surface area (Å²) in [6.45, 7) is 2.71. The third-order valence-electron chi connectivity index (χ3n) is 11.5. The number of aromatic nitrogens is 2. The van der Waals surface area contributed by atoms with Gasteiger partial charge in [0.25, 0.3) is 0 Å². The fourth-order valence-corrected chi connectivity index (χ4v) is 9.99. The molecular weight excluding hydrogens is 496 g/mol. The van der Waals surface area contributed by atoms with Crippen molar-refractivity contribution in [1.29, 1.82) is 0 Å². The number of fused-ring (bicyclic) bond motifs is 5. The van der Waals surface area contributed by atoms with E-state index in [1.807, 2.05) is 0 Å². The zero-order chi connectivity index (χ0) is 27.1. The van der Waals surface area contributed by atoms with Gasteiger partial charge in [0.1, 0.15) is 5.82 Å². The molecule has 1 aromatic heterocycles. The van der Waals surface area contributed by atoms with E-state index in [-0.39, 0.29) is 6.42 Å². The van der Waals surface area contributed by atoms with Crippen molar-refractivity contribution in [3.63, 3.8) is 0 Å². The third kappa shape index (κ3) is 5.60. The Kier molecular flexibility index (Phi) is 7.92. The molecule has 6 nitrogen and oxygen atoms in total. The van der Waals surface area contributed by atoms with Crippen LogP contribution in [0.2, 0.25) is 0 Å². The van der Waals surface area contributed by atoms with Crippen LogP contribution >= 0.6 is 0 Å². The van der Waals surface area contributed by atoms with Crippen LogP contribution in [0.15, 0.2) is 24.3 Å². The monoisotopic (exact) mass is 546 g/mol. The number of benzene rings is 1. The maximum absolute atomic E-state index is 11.2. The second-order valence-electron chi connectivity index (χ2n) is 14.2. The van der Waals surface area contributed by atoms with E-state index in [4.69, 9.17) is 4.98 Å². The van der Waals surface area contributed by atoms with E-state index in [0.717, 1.165) is 61.4 Å². The van der Waals surface area contributed by atoms with E-state index in [1.54, 1.807) is 0 Å². The van der Waals surface area contributed by atoms with Gasteiger partial charge in [0.05, 0.1) is 17.5 Å². The number of piperidine rings is 3. The number of aliphatic carboxylic acids is 1. The molecule has 7 rings (SSSR count). The molecule has 4 bridgehead atoms. The van der Waals surface area contributed by atoms with Gasteiger partial charge in [-0.25, -0.2) is 4.98 Å². The van der Waals surface area contributed by atoms with Crippen molar-refractivity contribution < 1.29 is 9.90 Å². The van der Waals surface area contributed by atoms with Crippen molar-refractivity contribution >= 4 is 17.0 Å². The number of para-hydroxylation sites is 2. The van der Waals surface area contributed by atoms with Gasteiger partial charge in [-0.1, -0.05) is 44.2 Å². The summed E-state index contributed by atoms with van der Waals surface area (Å²) in [6, 6.07) is 11.7. The van der Waals surface area contributed by atoms with E-state index < -0.39 is 5.97 Å². The summed E-state index contributed by atoms with van der Waals surface area (Å²) >= 11 is 0. The Hall–Kier alpha value is -1.92. The minimum atomic E-state index is -0.687. The number of imidazole rings is 1. The normalized spacial score (nSPS) is 35.5. The van der Waals surface area contributed by atoms with Gasteiger partial charge in [-0.2, -0.15) is 0 Å². The molecule has 4 heterocycles. The van der Waals surface area contributed by atoms with Gasteiger partial charge in [-0.05, 0) is 94.2 Å². The lowest BCUT2D eigenvalue weighted by Crippen LogP contribution is -2.58. The molecule has 40 heavy (non-hydrogen) atoms. The molecule has 5 fully saturated rings. The Morgan fingerprint density at radius 1 is 0.825 bits per heavy atom. The van der Waals surface area contributed by atoms with Gasteiger partial charge in [-0.15, -0.1) is 0 Å².